The fourth-order valence-corrected chi connectivity index (χ4v) is 3.79. The maximum Gasteiger partial charge on any atom is 0.253 e. The molecule has 1 aliphatic rings. The number of aliphatic hydroxyl groups excluding tert-OH is 2. The zero-order valence-electron chi connectivity index (χ0n) is 16.7. The van der Waals surface area contributed by atoms with Crippen LogP contribution in [-0.2, 0) is 0 Å². The van der Waals surface area contributed by atoms with Gasteiger partial charge in [-0.1, -0.05) is 42.5 Å². The Bertz CT molecular complexity index is 1000. The zero-order valence-corrected chi connectivity index (χ0v) is 16.7. The summed E-state index contributed by atoms with van der Waals surface area (Å²) in [6, 6.07) is 14.8. The van der Waals surface area contributed by atoms with Gasteiger partial charge in [0, 0.05) is 24.2 Å². The van der Waals surface area contributed by atoms with Crippen molar-refractivity contribution >= 4 is 22.8 Å². The topological polar surface area (TPSA) is 107 Å². The standard InChI is InChI=1S/C23H26N4O3/c28-18-11-9-17(10-12-18)26-23-25-13-16-7-4-8-19(21(16)27-23)22(30)24-14-20(29)15-5-2-1-3-6-15/h1-8,13,17-18,20,28-29H,9-12,14H2,(H,24,30)(H,25,26,27)/t17?,18?,20-/m1/s1. The lowest BCUT2D eigenvalue weighted by Crippen LogP contribution is -2.29. The van der Waals surface area contributed by atoms with Crippen LogP contribution in [0.15, 0.2) is 54.7 Å². The number of hydrogen-bond acceptors (Lipinski definition) is 6. The molecule has 1 saturated carbocycles. The predicted molar refractivity (Wildman–Crippen MR) is 115 cm³/mol. The van der Waals surface area contributed by atoms with Crippen LogP contribution in [0.4, 0.5) is 5.95 Å². The van der Waals surface area contributed by atoms with E-state index in [1.54, 1.807) is 18.3 Å². The van der Waals surface area contributed by atoms with Crippen LogP contribution in [0.25, 0.3) is 10.9 Å². The monoisotopic (exact) mass is 406 g/mol. The molecule has 1 fully saturated rings. The number of aromatic nitrogens is 2. The smallest absolute Gasteiger partial charge is 0.253 e. The number of anilines is 1. The van der Waals surface area contributed by atoms with Gasteiger partial charge >= 0.3 is 0 Å². The Labute approximate surface area is 175 Å². The van der Waals surface area contributed by atoms with Crippen molar-refractivity contribution in [1.29, 1.82) is 0 Å². The molecular formula is C23H26N4O3. The van der Waals surface area contributed by atoms with E-state index < -0.39 is 6.10 Å². The van der Waals surface area contributed by atoms with Crippen LogP contribution in [0.3, 0.4) is 0 Å². The Balaban J connectivity index is 1.48. The van der Waals surface area contributed by atoms with Crippen molar-refractivity contribution in [2.24, 2.45) is 0 Å². The number of aliphatic hydroxyl groups is 2. The third-order valence-electron chi connectivity index (χ3n) is 5.53. The highest BCUT2D eigenvalue weighted by atomic mass is 16.3. The fraction of sp³-hybridized carbons (Fsp3) is 0.348. The van der Waals surface area contributed by atoms with E-state index in [0.29, 0.717) is 17.0 Å². The van der Waals surface area contributed by atoms with E-state index in [9.17, 15) is 15.0 Å². The van der Waals surface area contributed by atoms with Crippen LogP contribution >= 0.6 is 0 Å². The summed E-state index contributed by atoms with van der Waals surface area (Å²) in [7, 11) is 0. The Morgan fingerprint density at radius 1 is 1.07 bits per heavy atom. The average molecular weight is 406 g/mol. The van der Waals surface area contributed by atoms with E-state index in [0.717, 1.165) is 36.6 Å². The summed E-state index contributed by atoms with van der Waals surface area (Å²) >= 11 is 0. The van der Waals surface area contributed by atoms with E-state index in [-0.39, 0.29) is 24.6 Å². The quantitative estimate of drug-likeness (QED) is 0.501. The second-order valence-corrected chi connectivity index (χ2v) is 7.72. The Morgan fingerprint density at radius 3 is 2.60 bits per heavy atom. The van der Waals surface area contributed by atoms with Crippen molar-refractivity contribution in [2.45, 2.75) is 43.9 Å². The molecule has 4 N–H and O–H groups in total. The second-order valence-electron chi connectivity index (χ2n) is 7.72. The molecule has 0 bridgehead atoms. The van der Waals surface area contributed by atoms with E-state index in [4.69, 9.17) is 0 Å². The number of nitrogens with zero attached hydrogens (tertiary/aromatic N) is 2. The van der Waals surface area contributed by atoms with Crippen LogP contribution in [0.2, 0.25) is 0 Å². The number of carbonyl (C=O) groups excluding carboxylic acids is 1. The summed E-state index contributed by atoms with van der Waals surface area (Å²) < 4.78 is 0. The normalized spacial score (nSPS) is 19.9. The molecule has 30 heavy (non-hydrogen) atoms. The van der Waals surface area contributed by atoms with Crippen LogP contribution in [0, 0.1) is 0 Å². The highest BCUT2D eigenvalue weighted by Crippen LogP contribution is 2.23. The van der Waals surface area contributed by atoms with Crippen LogP contribution < -0.4 is 10.6 Å². The molecule has 1 aromatic heterocycles. The molecule has 4 rings (SSSR count). The SMILES string of the molecule is O=C(NC[C@@H](O)c1ccccc1)c1cccc2cnc(NC3CCC(O)CC3)nc12. The van der Waals surface area contributed by atoms with E-state index in [2.05, 4.69) is 20.6 Å². The largest absolute Gasteiger partial charge is 0.393 e. The van der Waals surface area contributed by atoms with Gasteiger partial charge in [-0.05, 0) is 37.3 Å². The van der Waals surface area contributed by atoms with E-state index in [1.165, 1.54) is 0 Å². The summed E-state index contributed by atoms with van der Waals surface area (Å²) in [4.78, 5) is 21.8. The third-order valence-corrected chi connectivity index (χ3v) is 5.53. The van der Waals surface area contributed by atoms with Crippen molar-refractivity contribution in [3.8, 4) is 0 Å². The first-order valence-electron chi connectivity index (χ1n) is 10.3. The maximum absolute atomic E-state index is 12.8. The summed E-state index contributed by atoms with van der Waals surface area (Å²) in [6.07, 6.45) is 3.97. The van der Waals surface area contributed by atoms with Gasteiger partial charge < -0.3 is 20.8 Å². The number of rotatable bonds is 6. The highest BCUT2D eigenvalue weighted by Gasteiger charge is 2.20. The molecule has 0 unspecified atom stereocenters. The lowest BCUT2D eigenvalue weighted by molar-refractivity contribution is 0.0917. The molecular weight excluding hydrogens is 380 g/mol. The first-order valence-corrected chi connectivity index (χ1v) is 10.3. The van der Waals surface area contributed by atoms with Crippen molar-refractivity contribution < 1.29 is 15.0 Å². The lowest BCUT2D eigenvalue weighted by atomic mass is 9.93. The molecule has 1 aliphatic carbocycles. The molecule has 2 aromatic carbocycles. The molecule has 0 spiro atoms. The molecule has 7 heteroatoms. The minimum Gasteiger partial charge on any atom is -0.393 e. The summed E-state index contributed by atoms with van der Waals surface area (Å²) in [6.45, 7) is 0.111. The lowest BCUT2D eigenvalue weighted by Gasteiger charge is -2.26. The van der Waals surface area contributed by atoms with Gasteiger partial charge in [0.1, 0.15) is 0 Å². The van der Waals surface area contributed by atoms with Crippen molar-refractivity contribution in [1.82, 2.24) is 15.3 Å². The van der Waals surface area contributed by atoms with Crippen LogP contribution in [-0.4, -0.2) is 44.8 Å². The summed E-state index contributed by atoms with van der Waals surface area (Å²) in [5.74, 6) is 0.189. The first-order chi connectivity index (χ1) is 14.6. The van der Waals surface area contributed by atoms with Gasteiger partial charge in [-0.2, -0.15) is 0 Å². The van der Waals surface area contributed by atoms with Gasteiger partial charge in [0.25, 0.3) is 5.91 Å². The summed E-state index contributed by atoms with van der Waals surface area (Å²) in [5.41, 5.74) is 1.76. The number of nitrogens with one attached hydrogen (secondary N) is 2. The summed E-state index contributed by atoms with van der Waals surface area (Å²) in [5, 5.41) is 26.9. The number of benzene rings is 2. The van der Waals surface area contributed by atoms with Gasteiger partial charge in [0.05, 0.1) is 23.3 Å². The van der Waals surface area contributed by atoms with Crippen molar-refractivity contribution in [3.63, 3.8) is 0 Å². The first kappa shape index (κ1) is 20.3. The molecule has 0 radical (unpaired) electrons. The van der Waals surface area contributed by atoms with Gasteiger partial charge in [-0.15, -0.1) is 0 Å². The predicted octanol–water partition coefficient (Wildman–Crippen LogP) is 2.81. The van der Waals surface area contributed by atoms with Gasteiger partial charge in [-0.3, -0.25) is 4.79 Å². The number of amides is 1. The second kappa shape index (κ2) is 9.19. The number of hydrogen-bond donors (Lipinski definition) is 4. The van der Waals surface area contributed by atoms with E-state index in [1.807, 2.05) is 36.4 Å². The van der Waals surface area contributed by atoms with Gasteiger partial charge in [-0.25, -0.2) is 9.97 Å². The van der Waals surface area contributed by atoms with Crippen LogP contribution in [0.5, 0.6) is 0 Å². The molecule has 7 nitrogen and oxygen atoms in total. The van der Waals surface area contributed by atoms with Gasteiger partial charge in [0.2, 0.25) is 5.95 Å². The molecule has 0 aliphatic heterocycles. The molecule has 0 saturated heterocycles. The van der Waals surface area contributed by atoms with E-state index >= 15 is 0 Å². The Hall–Kier alpha value is -3.03. The molecule has 3 aromatic rings. The Morgan fingerprint density at radius 2 is 1.83 bits per heavy atom. The Kier molecular flexibility index (Phi) is 6.21. The molecule has 156 valence electrons. The third kappa shape index (κ3) is 4.75. The van der Waals surface area contributed by atoms with Crippen molar-refractivity contribution in [2.75, 3.05) is 11.9 Å². The van der Waals surface area contributed by atoms with Crippen LogP contribution in [0.1, 0.15) is 47.7 Å². The zero-order chi connectivity index (χ0) is 20.9. The maximum atomic E-state index is 12.8. The molecule has 1 amide bonds. The molecule has 1 heterocycles. The number of fused-ring (bicyclic) bond motifs is 1. The van der Waals surface area contributed by atoms with Gasteiger partial charge in [0.15, 0.2) is 0 Å². The minimum atomic E-state index is -0.779. The average Bonchev–Trinajstić information content (AvgIpc) is 2.79. The van der Waals surface area contributed by atoms with Crippen molar-refractivity contribution in [3.05, 3.63) is 65.9 Å². The molecule has 1 atom stereocenters. The number of carbonyl (C=O) groups is 1. The highest BCUT2D eigenvalue weighted by molar-refractivity contribution is 6.05. The minimum absolute atomic E-state index is 0.111. The fourth-order valence-electron chi connectivity index (χ4n) is 3.79. The number of para-hydroxylation sites is 1.